The number of aliphatic hydroxyl groups is 1. The van der Waals surface area contributed by atoms with E-state index in [1.165, 1.54) is 25.7 Å². The minimum Gasteiger partial charge on any atom is -0.389 e. The first kappa shape index (κ1) is 13.4. The lowest BCUT2D eigenvalue weighted by Gasteiger charge is -2.55. The topological polar surface area (TPSA) is 46.2 Å². The molecule has 0 saturated heterocycles. The van der Waals surface area contributed by atoms with E-state index in [0.29, 0.717) is 12.5 Å². The Morgan fingerprint density at radius 1 is 1.12 bits per heavy atom. The second kappa shape index (κ2) is 4.89. The first-order chi connectivity index (χ1) is 8.04. The molecule has 0 spiro atoms. The van der Waals surface area contributed by atoms with Crippen molar-refractivity contribution >= 4 is 0 Å². The van der Waals surface area contributed by atoms with Gasteiger partial charge in [0, 0.05) is 12.0 Å². The summed E-state index contributed by atoms with van der Waals surface area (Å²) in [5, 5.41) is 11.3. The Morgan fingerprint density at radius 2 is 1.76 bits per heavy atom. The molecule has 2 aliphatic rings. The SMILES string of the molecule is CC1CCC(O)(C2(CN)CCCCC2)C(C)C1. The van der Waals surface area contributed by atoms with Gasteiger partial charge in [0.15, 0.2) is 0 Å². The number of nitrogens with two attached hydrogens (primary N) is 1. The maximum absolute atomic E-state index is 11.3. The molecule has 2 heteroatoms. The number of hydrogen-bond donors (Lipinski definition) is 2. The van der Waals surface area contributed by atoms with Crippen LogP contribution in [0.4, 0.5) is 0 Å². The van der Waals surface area contributed by atoms with Crippen molar-refractivity contribution in [1.29, 1.82) is 0 Å². The average Bonchev–Trinajstić information content (AvgIpc) is 2.35. The van der Waals surface area contributed by atoms with Crippen molar-refractivity contribution in [2.24, 2.45) is 23.0 Å². The van der Waals surface area contributed by atoms with E-state index in [4.69, 9.17) is 5.73 Å². The summed E-state index contributed by atoms with van der Waals surface area (Å²) in [5.74, 6) is 1.18. The van der Waals surface area contributed by atoms with Crippen LogP contribution in [-0.4, -0.2) is 17.3 Å². The first-order valence-electron chi connectivity index (χ1n) is 7.46. The fraction of sp³-hybridized carbons (Fsp3) is 1.00. The highest BCUT2D eigenvalue weighted by Gasteiger charge is 2.53. The third-order valence-electron chi connectivity index (χ3n) is 5.71. The molecule has 0 aromatic carbocycles. The molecular weight excluding hydrogens is 210 g/mol. The Bertz CT molecular complexity index is 260. The van der Waals surface area contributed by atoms with Crippen LogP contribution in [-0.2, 0) is 0 Å². The van der Waals surface area contributed by atoms with E-state index in [-0.39, 0.29) is 5.41 Å². The summed E-state index contributed by atoms with van der Waals surface area (Å²) in [6, 6.07) is 0. The highest BCUT2D eigenvalue weighted by molar-refractivity contribution is 5.05. The predicted octanol–water partition coefficient (Wildman–Crippen LogP) is 3.08. The van der Waals surface area contributed by atoms with E-state index in [2.05, 4.69) is 13.8 Å². The molecule has 0 aromatic rings. The Hall–Kier alpha value is -0.0800. The standard InChI is InChI=1S/C15H29NO/c1-12-6-9-15(17,13(2)10-12)14(11-16)7-4-3-5-8-14/h12-13,17H,3-11,16H2,1-2H3. The van der Waals surface area contributed by atoms with Gasteiger partial charge in [-0.25, -0.2) is 0 Å². The van der Waals surface area contributed by atoms with E-state index in [1.807, 2.05) is 0 Å². The monoisotopic (exact) mass is 239 g/mol. The van der Waals surface area contributed by atoms with Crippen molar-refractivity contribution in [3.63, 3.8) is 0 Å². The van der Waals surface area contributed by atoms with Gasteiger partial charge in [0.05, 0.1) is 5.60 Å². The van der Waals surface area contributed by atoms with Gasteiger partial charge in [-0.2, -0.15) is 0 Å². The van der Waals surface area contributed by atoms with Gasteiger partial charge in [0.1, 0.15) is 0 Å². The summed E-state index contributed by atoms with van der Waals surface area (Å²) in [7, 11) is 0. The zero-order valence-electron chi connectivity index (χ0n) is 11.5. The summed E-state index contributed by atoms with van der Waals surface area (Å²) in [6.45, 7) is 5.22. The summed E-state index contributed by atoms with van der Waals surface area (Å²) in [6.07, 6.45) is 9.40. The maximum Gasteiger partial charge on any atom is 0.0741 e. The van der Waals surface area contributed by atoms with Crippen LogP contribution in [0.2, 0.25) is 0 Å². The van der Waals surface area contributed by atoms with Crippen molar-refractivity contribution < 1.29 is 5.11 Å². The van der Waals surface area contributed by atoms with Gasteiger partial charge in [0.25, 0.3) is 0 Å². The Kier molecular flexibility index (Phi) is 3.84. The third-order valence-corrected chi connectivity index (χ3v) is 5.71. The van der Waals surface area contributed by atoms with Gasteiger partial charge in [0.2, 0.25) is 0 Å². The second-order valence-corrected chi connectivity index (χ2v) is 6.75. The van der Waals surface area contributed by atoms with Gasteiger partial charge in [-0.3, -0.25) is 0 Å². The van der Waals surface area contributed by atoms with Gasteiger partial charge in [-0.1, -0.05) is 33.1 Å². The van der Waals surface area contributed by atoms with E-state index in [0.717, 1.165) is 31.6 Å². The lowest BCUT2D eigenvalue weighted by molar-refractivity contribution is -0.159. The summed E-state index contributed by atoms with van der Waals surface area (Å²) < 4.78 is 0. The molecule has 2 rings (SSSR count). The van der Waals surface area contributed by atoms with Crippen LogP contribution < -0.4 is 5.73 Å². The molecule has 0 heterocycles. The molecule has 17 heavy (non-hydrogen) atoms. The van der Waals surface area contributed by atoms with Crippen molar-refractivity contribution in [2.75, 3.05) is 6.54 Å². The molecule has 2 saturated carbocycles. The largest absolute Gasteiger partial charge is 0.389 e. The summed E-state index contributed by atoms with van der Waals surface area (Å²) in [5.41, 5.74) is 5.62. The molecule has 0 bridgehead atoms. The van der Waals surface area contributed by atoms with Gasteiger partial charge >= 0.3 is 0 Å². The average molecular weight is 239 g/mol. The lowest BCUT2D eigenvalue weighted by Crippen LogP contribution is -2.59. The van der Waals surface area contributed by atoms with E-state index < -0.39 is 5.60 Å². The first-order valence-corrected chi connectivity index (χ1v) is 7.46. The highest BCUT2D eigenvalue weighted by atomic mass is 16.3. The minimum absolute atomic E-state index is 0.0187. The van der Waals surface area contributed by atoms with Crippen LogP contribution in [0.5, 0.6) is 0 Å². The molecule has 3 unspecified atom stereocenters. The quantitative estimate of drug-likeness (QED) is 0.778. The second-order valence-electron chi connectivity index (χ2n) is 6.75. The Morgan fingerprint density at radius 3 is 2.29 bits per heavy atom. The molecule has 0 aliphatic heterocycles. The Labute approximate surface area is 106 Å². The molecule has 3 atom stereocenters. The van der Waals surface area contributed by atoms with E-state index >= 15 is 0 Å². The van der Waals surface area contributed by atoms with Gasteiger partial charge in [-0.05, 0) is 43.9 Å². The van der Waals surface area contributed by atoms with Gasteiger partial charge < -0.3 is 10.8 Å². The molecule has 3 N–H and O–H groups in total. The highest BCUT2D eigenvalue weighted by Crippen LogP contribution is 2.53. The summed E-state index contributed by atoms with van der Waals surface area (Å²) >= 11 is 0. The predicted molar refractivity (Wildman–Crippen MR) is 71.7 cm³/mol. The lowest BCUT2D eigenvalue weighted by atomic mass is 9.54. The van der Waals surface area contributed by atoms with Crippen LogP contribution in [0.1, 0.15) is 65.2 Å². The molecule has 100 valence electrons. The zero-order valence-corrected chi connectivity index (χ0v) is 11.5. The van der Waals surface area contributed by atoms with Crippen molar-refractivity contribution in [3.05, 3.63) is 0 Å². The Balaban J connectivity index is 2.22. The molecule has 0 aromatic heterocycles. The number of hydrogen-bond acceptors (Lipinski definition) is 2. The van der Waals surface area contributed by atoms with Gasteiger partial charge in [-0.15, -0.1) is 0 Å². The van der Waals surface area contributed by atoms with Crippen molar-refractivity contribution in [2.45, 2.75) is 70.8 Å². The maximum atomic E-state index is 11.3. The molecule has 0 amide bonds. The van der Waals surface area contributed by atoms with Crippen LogP contribution in [0.15, 0.2) is 0 Å². The third kappa shape index (κ3) is 2.15. The fourth-order valence-electron chi connectivity index (χ4n) is 4.46. The molecular formula is C15H29NO. The fourth-order valence-corrected chi connectivity index (χ4v) is 4.46. The van der Waals surface area contributed by atoms with Crippen molar-refractivity contribution in [1.82, 2.24) is 0 Å². The van der Waals surface area contributed by atoms with Crippen LogP contribution in [0.25, 0.3) is 0 Å². The molecule has 0 radical (unpaired) electrons. The normalized spacial score (nSPS) is 42.4. The van der Waals surface area contributed by atoms with Crippen LogP contribution in [0.3, 0.4) is 0 Å². The van der Waals surface area contributed by atoms with Crippen LogP contribution >= 0.6 is 0 Å². The van der Waals surface area contributed by atoms with E-state index in [9.17, 15) is 5.11 Å². The molecule has 2 aliphatic carbocycles. The van der Waals surface area contributed by atoms with Crippen LogP contribution in [0, 0.1) is 17.3 Å². The summed E-state index contributed by atoms with van der Waals surface area (Å²) in [4.78, 5) is 0. The zero-order chi connectivity index (χ0) is 12.5. The van der Waals surface area contributed by atoms with Crippen molar-refractivity contribution in [3.8, 4) is 0 Å². The number of rotatable bonds is 2. The minimum atomic E-state index is -0.491. The smallest absolute Gasteiger partial charge is 0.0741 e. The molecule has 2 fully saturated rings. The van der Waals surface area contributed by atoms with E-state index in [1.54, 1.807) is 0 Å². The molecule has 2 nitrogen and oxygen atoms in total.